The first-order chi connectivity index (χ1) is 30.4. The molecule has 3 fully saturated rings. The molecular weight excluding hydrogens is 819 g/mol. The Balaban J connectivity index is 0.767. The molecule has 8 rings (SSSR count). The molecule has 1 unspecified atom stereocenters. The summed E-state index contributed by atoms with van der Waals surface area (Å²) in [5, 5.41) is 12.3. The second-order valence-corrected chi connectivity index (χ2v) is 16.8. The fourth-order valence-electron chi connectivity index (χ4n) is 8.61. The van der Waals surface area contributed by atoms with E-state index in [0.717, 1.165) is 17.6 Å². The van der Waals surface area contributed by atoms with Gasteiger partial charge in [-0.3, -0.25) is 38.3 Å². The van der Waals surface area contributed by atoms with Gasteiger partial charge in [-0.05, 0) is 93.9 Å². The standard InChI is InChI=1S/C44H52F2N10O7/c1-53(19-5-21-62-20-4-7-27-6-3-8-33-38(27)54(2)44(61)56(33)34-15-16-36(57)51-41(34)59)43(60)28-11-13-30(14-12-28)55-24-31(37(52-55)39(45)46)49-40(58)32-25-63-42(50-32)29-17-18-47-35(22-29)48-23-26-9-10-26/h3,6,8,17-18,22,24-26,28,30,34,39H,4-5,7,9-16,19-21,23H2,1-2H3,(H,47,48)(H,49,58)(H,51,57,59). The number of para-hydroxylation sites is 1. The van der Waals surface area contributed by atoms with Crippen LogP contribution in [0.25, 0.3) is 22.5 Å². The first kappa shape index (κ1) is 43.4. The second-order valence-electron chi connectivity index (χ2n) is 16.8. The summed E-state index contributed by atoms with van der Waals surface area (Å²) >= 11 is 0. The van der Waals surface area contributed by atoms with Crippen LogP contribution < -0.4 is 21.6 Å². The van der Waals surface area contributed by atoms with E-state index >= 15 is 0 Å². The van der Waals surface area contributed by atoms with E-state index in [1.54, 1.807) is 41.9 Å². The Kier molecular flexibility index (Phi) is 13.1. The number of benzene rings is 1. The van der Waals surface area contributed by atoms with Crippen molar-refractivity contribution in [3.05, 3.63) is 76.4 Å². The van der Waals surface area contributed by atoms with Crippen LogP contribution in [0.1, 0.15) is 104 Å². The van der Waals surface area contributed by atoms with Gasteiger partial charge in [0.1, 0.15) is 18.1 Å². The highest BCUT2D eigenvalue weighted by Gasteiger charge is 2.33. The van der Waals surface area contributed by atoms with Crippen molar-refractivity contribution < 1.29 is 37.1 Å². The topological polar surface area (TPSA) is 201 Å². The minimum Gasteiger partial charge on any atom is -0.444 e. The number of nitrogens with zero attached hydrogens (tertiary/aromatic N) is 7. The summed E-state index contributed by atoms with van der Waals surface area (Å²) in [4.78, 5) is 74.3. The number of aromatic nitrogens is 6. The van der Waals surface area contributed by atoms with Gasteiger partial charge in [-0.15, -0.1) is 0 Å². The number of aryl methyl sites for hydroxylation is 2. The summed E-state index contributed by atoms with van der Waals surface area (Å²) in [6.45, 7) is 2.29. The SMILES string of the molecule is CN(CCCOCCCc1cccc2c1n(C)c(=O)n2C1CCC(=O)NC1=O)C(=O)C1CCC(n2cc(NC(=O)c3coc(-c4ccnc(NCC5CC5)c4)n3)c(C(F)F)n2)CC1. The fourth-order valence-corrected chi connectivity index (χ4v) is 8.61. The largest absolute Gasteiger partial charge is 0.444 e. The minimum absolute atomic E-state index is 0.0302. The van der Waals surface area contributed by atoms with Crippen molar-refractivity contribution in [2.45, 2.75) is 89.1 Å². The van der Waals surface area contributed by atoms with Crippen LogP contribution in [0.4, 0.5) is 20.3 Å². The number of anilines is 2. The van der Waals surface area contributed by atoms with Crippen LogP contribution in [0.5, 0.6) is 0 Å². The number of imide groups is 1. The molecule has 0 spiro atoms. The Morgan fingerprint density at radius 1 is 1.05 bits per heavy atom. The molecule has 3 N–H and O–H groups in total. The van der Waals surface area contributed by atoms with Crippen molar-refractivity contribution >= 4 is 46.2 Å². The quantitative estimate of drug-likeness (QED) is 0.0710. The maximum absolute atomic E-state index is 14.1. The number of nitrogens with one attached hydrogen (secondary N) is 3. The van der Waals surface area contributed by atoms with Crippen molar-refractivity contribution in [2.75, 3.05) is 44.0 Å². The maximum atomic E-state index is 14.1. The number of hydrogen-bond donors (Lipinski definition) is 3. The van der Waals surface area contributed by atoms with E-state index in [4.69, 9.17) is 9.15 Å². The van der Waals surface area contributed by atoms with Gasteiger partial charge in [-0.25, -0.2) is 23.5 Å². The van der Waals surface area contributed by atoms with E-state index in [0.29, 0.717) is 87.5 Å². The molecular formula is C44H52F2N10O7. The van der Waals surface area contributed by atoms with Crippen LogP contribution in [-0.2, 0) is 32.6 Å². The second kappa shape index (κ2) is 19.0. The van der Waals surface area contributed by atoms with Crippen molar-refractivity contribution in [1.29, 1.82) is 0 Å². The van der Waals surface area contributed by atoms with Crippen molar-refractivity contribution in [3.8, 4) is 11.5 Å². The molecule has 5 aromatic rings. The zero-order valence-electron chi connectivity index (χ0n) is 35.4. The first-order valence-corrected chi connectivity index (χ1v) is 21.6. The molecule has 1 aliphatic heterocycles. The van der Waals surface area contributed by atoms with E-state index in [1.807, 2.05) is 18.2 Å². The number of ether oxygens (including phenoxy) is 1. The molecule has 4 amide bonds. The van der Waals surface area contributed by atoms with Crippen LogP contribution >= 0.6 is 0 Å². The number of pyridine rings is 1. The maximum Gasteiger partial charge on any atom is 0.329 e. The van der Waals surface area contributed by atoms with Crippen LogP contribution in [0, 0.1) is 11.8 Å². The highest BCUT2D eigenvalue weighted by atomic mass is 19.3. The zero-order chi connectivity index (χ0) is 44.2. The molecule has 1 aromatic carbocycles. The molecule has 19 heteroatoms. The average molecular weight is 871 g/mol. The van der Waals surface area contributed by atoms with Gasteiger partial charge >= 0.3 is 5.69 Å². The Morgan fingerprint density at radius 2 is 1.84 bits per heavy atom. The lowest BCUT2D eigenvalue weighted by atomic mass is 9.85. The van der Waals surface area contributed by atoms with Crippen molar-refractivity contribution in [2.24, 2.45) is 18.9 Å². The third-order valence-corrected chi connectivity index (χ3v) is 12.2. The molecule has 2 aliphatic carbocycles. The number of rotatable bonds is 18. The average Bonchev–Trinajstić information content (AvgIpc) is 3.68. The number of hydrogen-bond acceptors (Lipinski definition) is 11. The molecule has 1 atom stereocenters. The van der Waals surface area contributed by atoms with Crippen molar-refractivity contribution in [1.82, 2.24) is 39.1 Å². The number of oxazole rings is 1. The van der Waals surface area contributed by atoms with Gasteiger partial charge in [-0.1, -0.05) is 12.1 Å². The number of piperidine rings is 1. The summed E-state index contributed by atoms with van der Waals surface area (Å²) in [6, 6.07) is 8.17. The predicted octanol–water partition coefficient (Wildman–Crippen LogP) is 5.81. The highest BCUT2D eigenvalue weighted by Crippen LogP contribution is 2.36. The summed E-state index contributed by atoms with van der Waals surface area (Å²) < 4.78 is 44.3. The molecule has 3 aliphatic rings. The van der Waals surface area contributed by atoms with Gasteiger partial charge in [0.2, 0.25) is 23.6 Å². The van der Waals surface area contributed by atoms with Gasteiger partial charge in [0.15, 0.2) is 11.4 Å². The smallest absolute Gasteiger partial charge is 0.329 e. The summed E-state index contributed by atoms with van der Waals surface area (Å²) in [7, 11) is 3.46. The van der Waals surface area contributed by atoms with Crippen LogP contribution in [0.15, 0.2) is 58.2 Å². The number of carbonyl (C=O) groups excluding carboxylic acids is 4. The van der Waals surface area contributed by atoms with E-state index in [2.05, 4.69) is 31.0 Å². The summed E-state index contributed by atoms with van der Waals surface area (Å²) in [6.07, 6.45) is 8.39. The molecule has 0 bridgehead atoms. The Morgan fingerprint density at radius 3 is 2.60 bits per heavy atom. The molecule has 63 heavy (non-hydrogen) atoms. The molecule has 1 saturated heterocycles. The monoisotopic (exact) mass is 870 g/mol. The zero-order valence-corrected chi connectivity index (χ0v) is 35.4. The summed E-state index contributed by atoms with van der Waals surface area (Å²) in [5.74, 6) is -0.164. The Labute approximate surface area is 361 Å². The predicted molar refractivity (Wildman–Crippen MR) is 227 cm³/mol. The van der Waals surface area contributed by atoms with E-state index in [9.17, 15) is 32.8 Å². The highest BCUT2D eigenvalue weighted by molar-refractivity contribution is 6.03. The van der Waals surface area contributed by atoms with E-state index in [-0.39, 0.29) is 59.6 Å². The van der Waals surface area contributed by atoms with E-state index < -0.39 is 30.0 Å². The first-order valence-electron chi connectivity index (χ1n) is 21.6. The molecule has 2 saturated carbocycles. The number of imidazole rings is 1. The Hall–Kier alpha value is -6.24. The molecule has 4 aromatic heterocycles. The van der Waals surface area contributed by atoms with Crippen molar-refractivity contribution in [3.63, 3.8) is 0 Å². The third kappa shape index (κ3) is 9.87. The normalized spacial score (nSPS) is 19.1. The fraction of sp³-hybridized carbons (Fsp3) is 0.500. The number of carbonyl (C=O) groups is 4. The number of halogens is 2. The van der Waals surface area contributed by atoms with Gasteiger partial charge in [-0.2, -0.15) is 5.10 Å². The molecule has 334 valence electrons. The van der Waals surface area contributed by atoms with Gasteiger partial charge in [0.25, 0.3) is 12.3 Å². The minimum atomic E-state index is -2.93. The molecule has 5 heterocycles. The van der Waals surface area contributed by atoms with Gasteiger partial charge in [0.05, 0.1) is 22.8 Å². The van der Waals surface area contributed by atoms with Crippen LogP contribution in [-0.4, -0.2) is 90.8 Å². The lowest BCUT2D eigenvalue weighted by Gasteiger charge is -2.30. The molecule has 17 nitrogen and oxygen atoms in total. The number of amides is 4. The van der Waals surface area contributed by atoms with Gasteiger partial charge in [0, 0.05) is 70.7 Å². The lowest BCUT2D eigenvalue weighted by molar-refractivity contribution is -0.136. The number of alkyl halides is 2. The van der Waals surface area contributed by atoms with E-state index in [1.165, 1.54) is 34.6 Å². The summed E-state index contributed by atoms with van der Waals surface area (Å²) in [5.41, 5.74) is 1.95. The molecule has 0 radical (unpaired) electrons. The number of fused-ring (bicyclic) bond motifs is 1. The lowest BCUT2D eigenvalue weighted by Crippen LogP contribution is -2.44. The third-order valence-electron chi connectivity index (χ3n) is 12.2. The Bertz CT molecular complexity index is 2530. The van der Waals surface area contributed by atoms with Crippen LogP contribution in [0.2, 0.25) is 0 Å². The van der Waals surface area contributed by atoms with Gasteiger partial charge < -0.3 is 24.7 Å². The van der Waals surface area contributed by atoms with Crippen LogP contribution in [0.3, 0.4) is 0 Å².